The molecule has 1 aromatic carbocycles. The third kappa shape index (κ3) is 4.91. The van der Waals surface area contributed by atoms with Crippen molar-refractivity contribution in [3.05, 3.63) is 29.8 Å². The molecule has 1 unspecified atom stereocenters. The van der Waals surface area contributed by atoms with E-state index in [9.17, 15) is 14.7 Å². The Balaban J connectivity index is 2.66. The molecule has 110 valence electrons. The average molecular weight is 279 g/mol. The molecule has 1 atom stereocenters. The molecule has 20 heavy (non-hydrogen) atoms. The number of benzene rings is 1. The second-order valence-electron chi connectivity index (χ2n) is 5.08. The van der Waals surface area contributed by atoms with E-state index in [1.54, 1.807) is 18.2 Å². The minimum absolute atomic E-state index is 0.0261. The maximum Gasteiger partial charge on any atom is 0.328 e. The quantitative estimate of drug-likeness (QED) is 0.776. The van der Waals surface area contributed by atoms with Gasteiger partial charge in [-0.3, -0.25) is 4.79 Å². The predicted octanol–water partition coefficient (Wildman–Crippen LogP) is 1.64. The summed E-state index contributed by atoms with van der Waals surface area (Å²) in [7, 11) is 1.30. The van der Waals surface area contributed by atoms with Gasteiger partial charge in [0.2, 0.25) is 5.91 Å². The van der Waals surface area contributed by atoms with Crippen molar-refractivity contribution in [3.63, 3.8) is 0 Å². The molecule has 1 rings (SSSR count). The highest BCUT2D eigenvalue weighted by atomic mass is 16.5. The number of hydrogen-bond donors (Lipinski definition) is 2. The third-order valence-corrected chi connectivity index (χ3v) is 2.87. The van der Waals surface area contributed by atoms with Crippen LogP contribution in [0.2, 0.25) is 0 Å². The van der Waals surface area contributed by atoms with Gasteiger partial charge in [-0.05, 0) is 18.4 Å². The number of phenolic OH excluding ortho intramolecular Hbond substituents is 1. The van der Waals surface area contributed by atoms with E-state index < -0.39 is 12.0 Å². The molecule has 0 aliphatic rings. The average Bonchev–Trinajstić information content (AvgIpc) is 2.39. The van der Waals surface area contributed by atoms with Crippen LogP contribution in [0.5, 0.6) is 5.75 Å². The summed E-state index contributed by atoms with van der Waals surface area (Å²) in [6, 6.07) is 5.97. The summed E-state index contributed by atoms with van der Waals surface area (Å²) in [5.74, 6) is -0.447. The van der Waals surface area contributed by atoms with Crippen LogP contribution in [0.4, 0.5) is 0 Å². The highest BCUT2D eigenvalue weighted by Gasteiger charge is 2.22. The number of aromatic hydroxyl groups is 1. The monoisotopic (exact) mass is 279 g/mol. The lowest BCUT2D eigenvalue weighted by molar-refractivity contribution is -0.145. The molecule has 0 fully saturated rings. The number of methoxy groups -OCH3 is 1. The van der Waals surface area contributed by atoms with Crippen molar-refractivity contribution in [2.24, 2.45) is 5.92 Å². The van der Waals surface area contributed by atoms with Crippen LogP contribution >= 0.6 is 0 Å². The summed E-state index contributed by atoms with van der Waals surface area (Å²) in [6.07, 6.45) is 0.539. The van der Waals surface area contributed by atoms with E-state index in [1.165, 1.54) is 13.2 Å². The summed E-state index contributed by atoms with van der Waals surface area (Å²) < 4.78 is 4.69. The fraction of sp³-hybridized carbons (Fsp3) is 0.467. The summed E-state index contributed by atoms with van der Waals surface area (Å²) in [5.41, 5.74) is 0.526. The SMILES string of the molecule is COC(=O)C(CC(C)C)NC(=O)Cc1ccccc1O. The molecular weight excluding hydrogens is 258 g/mol. The summed E-state index contributed by atoms with van der Waals surface area (Å²) in [5, 5.41) is 12.3. The maximum atomic E-state index is 11.9. The number of rotatable bonds is 6. The van der Waals surface area contributed by atoms with Crippen molar-refractivity contribution >= 4 is 11.9 Å². The van der Waals surface area contributed by atoms with E-state index in [0.29, 0.717) is 12.0 Å². The molecule has 0 radical (unpaired) electrons. The van der Waals surface area contributed by atoms with Crippen molar-refractivity contribution in [1.29, 1.82) is 0 Å². The smallest absolute Gasteiger partial charge is 0.328 e. The van der Waals surface area contributed by atoms with Crippen molar-refractivity contribution in [1.82, 2.24) is 5.32 Å². The zero-order valence-corrected chi connectivity index (χ0v) is 12.1. The van der Waals surface area contributed by atoms with Crippen LogP contribution < -0.4 is 5.32 Å². The molecular formula is C15H21NO4. The Bertz CT molecular complexity index is 471. The zero-order chi connectivity index (χ0) is 15.1. The predicted molar refractivity (Wildman–Crippen MR) is 75.2 cm³/mol. The second-order valence-corrected chi connectivity index (χ2v) is 5.08. The molecule has 0 saturated heterocycles. The number of para-hydroxylation sites is 1. The fourth-order valence-corrected chi connectivity index (χ4v) is 1.91. The van der Waals surface area contributed by atoms with E-state index in [4.69, 9.17) is 0 Å². The van der Waals surface area contributed by atoms with Gasteiger partial charge in [0.25, 0.3) is 0 Å². The van der Waals surface area contributed by atoms with Gasteiger partial charge < -0.3 is 15.2 Å². The van der Waals surface area contributed by atoms with Crippen molar-refractivity contribution < 1.29 is 19.4 Å². The van der Waals surface area contributed by atoms with Gasteiger partial charge in [0.15, 0.2) is 0 Å². The van der Waals surface area contributed by atoms with Gasteiger partial charge in [0.1, 0.15) is 11.8 Å². The molecule has 0 spiro atoms. The number of phenols is 1. The molecule has 1 aromatic rings. The largest absolute Gasteiger partial charge is 0.508 e. The molecule has 0 aliphatic heterocycles. The number of esters is 1. The molecule has 5 heteroatoms. The van der Waals surface area contributed by atoms with Crippen LogP contribution in [0.3, 0.4) is 0 Å². The van der Waals surface area contributed by atoms with Gasteiger partial charge in [0, 0.05) is 5.56 Å². The molecule has 5 nitrogen and oxygen atoms in total. The first-order chi connectivity index (χ1) is 9.43. The Labute approximate surface area is 118 Å². The molecule has 0 heterocycles. The summed E-state index contributed by atoms with van der Waals surface area (Å²) in [4.78, 5) is 23.6. The van der Waals surface area contributed by atoms with Gasteiger partial charge >= 0.3 is 5.97 Å². The minimum Gasteiger partial charge on any atom is -0.508 e. The minimum atomic E-state index is -0.654. The van der Waals surface area contributed by atoms with Gasteiger partial charge in [-0.15, -0.1) is 0 Å². The molecule has 0 bridgehead atoms. The Morgan fingerprint density at radius 2 is 1.95 bits per heavy atom. The summed E-state index contributed by atoms with van der Waals surface area (Å²) >= 11 is 0. The first kappa shape index (κ1) is 16.0. The van der Waals surface area contributed by atoms with Crippen LogP contribution in [0.1, 0.15) is 25.8 Å². The van der Waals surface area contributed by atoms with E-state index in [0.717, 1.165) is 0 Å². The number of amides is 1. The summed E-state index contributed by atoms with van der Waals surface area (Å²) in [6.45, 7) is 3.93. The Hall–Kier alpha value is -2.04. The van der Waals surface area contributed by atoms with Crippen LogP contribution in [0.25, 0.3) is 0 Å². The molecule has 1 amide bonds. The van der Waals surface area contributed by atoms with E-state index in [2.05, 4.69) is 10.1 Å². The highest BCUT2D eigenvalue weighted by Crippen LogP contribution is 2.16. The van der Waals surface area contributed by atoms with Crippen LogP contribution in [-0.2, 0) is 20.7 Å². The molecule has 2 N–H and O–H groups in total. The second kappa shape index (κ2) is 7.53. The fourth-order valence-electron chi connectivity index (χ4n) is 1.91. The zero-order valence-electron chi connectivity index (χ0n) is 12.1. The van der Waals surface area contributed by atoms with Crippen LogP contribution in [0.15, 0.2) is 24.3 Å². The van der Waals surface area contributed by atoms with Gasteiger partial charge in [0.05, 0.1) is 13.5 Å². The van der Waals surface area contributed by atoms with Crippen molar-refractivity contribution in [2.45, 2.75) is 32.7 Å². The molecule has 0 aliphatic carbocycles. The lowest BCUT2D eigenvalue weighted by Gasteiger charge is -2.18. The molecule has 0 aromatic heterocycles. The van der Waals surface area contributed by atoms with Gasteiger partial charge in [-0.2, -0.15) is 0 Å². The Morgan fingerprint density at radius 1 is 1.30 bits per heavy atom. The number of hydrogen-bond acceptors (Lipinski definition) is 4. The third-order valence-electron chi connectivity index (χ3n) is 2.87. The van der Waals surface area contributed by atoms with Crippen LogP contribution in [-0.4, -0.2) is 30.1 Å². The lowest BCUT2D eigenvalue weighted by atomic mass is 10.0. The van der Waals surface area contributed by atoms with Crippen molar-refractivity contribution in [2.75, 3.05) is 7.11 Å². The van der Waals surface area contributed by atoms with Crippen molar-refractivity contribution in [3.8, 4) is 5.75 Å². The maximum absolute atomic E-state index is 11.9. The van der Waals surface area contributed by atoms with Gasteiger partial charge in [-0.25, -0.2) is 4.79 Å². The van der Waals surface area contributed by atoms with E-state index in [-0.39, 0.29) is 24.0 Å². The standard InChI is InChI=1S/C15H21NO4/c1-10(2)8-12(15(19)20-3)16-14(18)9-11-6-4-5-7-13(11)17/h4-7,10,12,17H,8-9H2,1-3H3,(H,16,18). The van der Waals surface area contributed by atoms with Crippen LogP contribution in [0, 0.1) is 5.92 Å². The Morgan fingerprint density at radius 3 is 2.50 bits per heavy atom. The number of carbonyl (C=O) groups excluding carboxylic acids is 2. The number of carbonyl (C=O) groups is 2. The Kier molecular flexibility index (Phi) is 6.03. The molecule has 0 saturated carbocycles. The topological polar surface area (TPSA) is 75.6 Å². The van der Waals surface area contributed by atoms with Gasteiger partial charge in [-0.1, -0.05) is 32.0 Å². The normalized spacial score (nSPS) is 12.0. The number of nitrogens with one attached hydrogen (secondary N) is 1. The lowest BCUT2D eigenvalue weighted by Crippen LogP contribution is -2.43. The van der Waals surface area contributed by atoms with E-state index >= 15 is 0 Å². The highest BCUT2D eigenvalue weighted by molar-refractivity contribution is 5.85. The first-order valence-electron chi connectivity index (χ1n) is 6.58. The number of ether oxygens (including phenoxy) is 1. The van der Waals surface area contributed by atoms with E-state index in [1.807, 2.05) is 13.8 Å². The first-order valence-corrected chi connectivity index (χ1v) is 6.58.